The summed E-state index contributed by atoms with van der Waals surface area (Å²) in [4.78, 5) is 0. The lowest BCUT2D eigenvalue weighted by atomic mass is 10.0. The maximum absolute atomic E-state index is 9.31. The molecular formula is C16H15BrN2. The van der Waals surface area contributed by atoms with Crippen molar-refractivity contribution in [2.45, 2.75) is 19.4 Å². The lowest BCUT2D eigenvalue weighted by Gasteiger charge is -2.14. The summed E-state index contributed by atoms with van der Waals surface area (Å²) in [5, 5.41) is 12.5. The summed E-state index contributed by atoms with van der Waals surface area (Å²) in [6.07, 6.45) is 1.01. The van der Waals surface area contributed by atoms with Gasteiger partial charge in [0.1, 0.15) is 6.04 Å². The van der Waals surface area contributed by atoms with Crippen molar-refractivity contribution in [1.82, 2.24) is 0 Å². The van der Waals surface area contributed by atoms with Gasteiger partial charge in [0.2, 0.25) is 0 Å². The molecule has 1 atom stereocenters. The summed E-state index contributed by atoms with van der Waals surface area (Å²) in [6.45, 7) is 2.12. The predicted molar refractivity (Wildman–Crippen MR) is 81.9 cm³/mol. The van der Waals surface area contributed by atoms with Crippen LogP contribution < -0.4 is 5.32 Å². The molecule has 0 aromatic heterocycles. The Balaban J connectivity index is 2.18. The molecule has 2 aromatic carbocycles. The SMILES string of the molecule is CCc1ccc(C(C#N)Nc2cccc(Br)c2)cc1. The van der Waals surface area contributed by atoms with Crippen molar-refractivity contribution in [3.8, 4) is 6.07 Å². The van der Waals surface area contributed by atoms with E-state index in [1.165, 1.54) is 5.56 Å². The molecule has 0 aliphatic heterocycles. The van der Waals surface area contributed by atoms with Gasteiger partial charge in [-0.25, -0.2) is 0 Å². The molecule has 96 valence electrons. The van der Waals surface area contributed by atoms with E-state index < -0.39 is 0 Å². The highest BCUT2D eigenvalue weighted by molar-refractivity contribution is 9.10. The zero-order chi connectivity index (χ0) is 13.7. The van der Waals surface area contributed by atoms with Crippen LogP contribution in [0.5, 0.6) is 0 Å². The fourth-order valence-corrected chi connectivity index (χ4v) is 2.28. The molecule has 0 bridgehead atoms. The van der Waals surface area contributed by atoms with E-state index in [0.29, 0.717) is 0 Å². The van der Waals surface area contributed by atoms with Gasteiger partial charge in [0.25, 0.3) is 0 Å². The van der Waals surface area contributed by atoms with Gasteiger partial charge in [0.05, 0.1) is 6.07 Å². The van der Waals surface area contributed by atoms with Crippen LogP contribution in [0.4, 0.5) is 5.69 Å². The number of rotatable bonds is 4. The largest absolute Gasteiger partial charge is 0.366 e. The third kappa shape index (κ3) is 3.59. The molecule has 1 N–H and O–H groups in total. The van der Waals surface area contributed by atoms with E-state index in [1.54, 1.807) is 0 Å². The normalized spacial score (nSPS) is 11.6. The van der Waals surface area contributed by atoms with Crippen LogP contribution in [-0.4, -0.2) is 0 Å². The summed E-state index contributed by atoms with van der Waals surface area (Å²) in [5.74, 6) is 0. The van der Waals surface area contributed by atoms with E-state index in [4.69, 9.17) is 0 Å². The quantitative estimate of drug-likeness (QED) is 0.888. The minimum atomic E-state index is -0.333. The van der Waals surface area contributed by atoms with Crippen molar-refractivity contribution in [3.05, 3.63) is 64.1 Å². The zero-order valence-electron chi connectivity index (χ0n) is 10.7. The monoisotopic (exact) mass is 314 g/mol. The number of nitrogens with zero attached hydrogens (tertiary/aromatic N) is 1. The van der Waals surface area contributed by atoms with E-state index in [9.17, 15) is 5.26 Å². The van der Waals surface area contributed by atoms with E-state index >= 15 is 0 Å². The third-order valence-electron chi connectivity index (χ3n) is 2.99. The molecule has 1 unspecified atom stereocenters. The van der Waals surface area contributed by atoms with Gasteiger partial charge in [-0.3, -0.25) is 0 Å². The minimum absolute atomic E-state index is 0.333. The highest BCUT2D eigenvalue weighted by atomic mass is 79.9. The Hall–Kier alpha value is -1.79. The molecular weight excluding hydrogens is 300 g/mol. The molecule has 19 heavy (non-hydrogen) atoms. The number of nitriles is 1. The second kappa shape index (κ2) is 6.40. The van der Waals surface area contributed by atoms with E-state index in [1.807, 2.05) is 36.4 Å². The Morgan fingerprint density at radius 1 is 1.21 bits per heavy atom. The second-order valence-corrected chi connectivity index (χ2v) is 5.23. The number of hydrogen-bond acceptors (Lipinski definition) is 2. The van der Waals surface area contributed by atoms with Crippen LogP contribution in [0.1, 0.15) is 24.1 Å². The lowest BCUT2D eigenvalue weighted by Crippen LogP contribution is -2.08. The van der Waals surface area contributed by atoms with Gasteiger partial charge in [0, 0.05) is 10.2 Å². The molecule has 0 saturated heterocycles. The van der Waals surface area contributed by atoms with Crippen LogP contribution in [0, 0.1) is 11.3 Å². The molecule has 2 aromatic rings. The van der Waals surface area contributed by atoms with E-state index in [0.717, 1.165) is 22.1 Å². The first-order valence-corrected chi connectivity index (χ1v) is 7.03. The Morgan fingerprint density at radius 3 is 2.53 bits per heavy atom. The maximum Gasteiger partial charge on any atom is 0.140 e. The molecule has 0 spiro atoms. The molecule has 2 rings (SSSR count). The predicted octanol–water partition coefficient (Wildman–Crippen LogP) is 4.69. The van der Waals surface area contributed by atoms with Crippen molar-refractivity contribution in [2.24, 2.45) is 0 Å². The average molecular weight is 315 g/mol. The third-order valence-corrected chi connectivity index (χ3v) is 3.48. The van der Waals surface area contributed by atoms with Gasteiger partial charge in [-0.2, -0.15) is 5.26 Å². The van der Waals surface area contributed by atoms with Gasteiger partial charge in [-0.15, -0.1) is 0 Å². The van der Waals surface area contributed by atoms with Gasteiger partial charge >= 0.3 is 0 Å². The Morgan fingerprint density at radius 2 is 1.95 bits per heavy atom. The van der Waals surface area contributed by atoms with Crippen molar-refractivity contribution in [2.75, 3.05) is 5.32 Å². The first-order chi connectivity index (χ1) is 9.22. The highest BCUT2D eigenvalue weighted by Gasteiger charge is 2.10. The Kier molecular flexibility index (Phi) is 4.59. The molecule has 0 fully saturated rings. The van der Waals surface area contributed by atoms with Gasteiger partial charge in [-0.1, -0.05) is 53.2 Å². The molecule has 0 aliphatic rings. The molecule has 3 heteroatoms. The number of anilines is 1. The number of aryl methyl sites for hydroxylation is 1. The minimum Gasteiger partial charge on any atom is -0.366 e. The topological polar surface area (TPSA) is 35.8 Å². The smallest absolute Gasteiger partial charge is 0.140 e. The first kappa shape index (κ1) is 13.6. The van der Waals surface area contributed by atoms with Crippen molar-refractivity contribution >= 4 is 21.6 Å². The van der Waals surface area contributed by atoms with Crippen LogP contribution in [-0.2, 0) is 6.42 Å². The van der Waals surface area contributed by atoms with Gasteiger partial charge in [-0.05, 0) is 35.7 Å². The summed E-state index contributed by atoms with van der Waals surface area (Å²) in [5.41, 5.74) is 3.20. The van der Waals surface area contributed by atoms with Crippen molar-refractivity contribution < 1.29 is 0 Å². The average Bonchev–Trinajstić information content (AvgIpc) is 2.45. The number of hydrogen-bond donors (Lipinski definition) is 1. The molecule has 0 amide bonds. The van der Waals surface area contributed by atoms with Crippen LogP contribution in [0.2, 0.25) is 0 Å². The molecule has 2 nitrogen and oxygen atoms in total. The van der Waals surface area contributed by atoms with Crippen LogP contribution in [0.15, 0.2) is 53.0 Å². The summed E-state index contributed by atoms with van der Waals surface area (Å²) >= 11 is 3.43. The van der Waals surface area contributed by atoms with Crippen LogP contribution >= 0.6 is 15.9 Å². The van der Waals surface area contributed by atoms with Crippen molar-refractivity contribution in [3.63, 3.8) is 0 Å². The fourth-order valence-electron chi connectivity index (χ4n) is 1.88. The molecule has 0 radical (unpaired) electrons. The lowest BCUT2D eigenvalue weighted by molar-refractivity contribution is 0.991. The number of nitrogens with one attached hydrogen (secondary N) is 1. The highest BCUT2D eigenvalue weighted by Crippen LogP contribution is 2.22. The molecule has 0 saturated carbocycles. The Labute approximate surface area is 122 Å². The first-order valence-electron chi connectivity index (χ1n) is 6.23. The zero-order valence-corrected chi connectivity index (χ0v) is 12.3. The second-order valence-electron chi connectivity index (χ2n) is 4.31. The van der Waals surface area contributed by atoms with Crippen molar-refractivity contribution in [1.29, 1.82) is 5.26 Å². The Bertz CT molecular complexity index is 584. The molecule has 0 heterocycles. The van der Waals surface area contributed by atoms with Crippen LogP contribution in [0.3, 0.4) is 0 Å². The fraction of sp³-hybridized carbons (Fsp3) is 0.188. The van der Waals surface area contributed by atoms with Gasteiger partial charge < -0.3 is 5.32 Å². The van der Waals surface area contributed by atoms with E-state index in [-0.39, 0.29) is 6.04 Å². The number of halogens is 1. The number of benzene rings is 2. The summed E-state index contributed by atoms with van der Waals surface area (Å²) in [7, 11) is 0. The maximum atomic E-state index is 9.31. The standard InChI is InChI=1S/C16H15BrN2/c1-2-12-6-8-13(9-7-12)16(11-18)19-15-5-3-4-14(17)10-15/h3-10,16,19H,2H2,1H3. The summed E-state index contributed by atoms with van der Waals surface area (Å²) < 4.78 is 0.996. The van der Waals surface area contributed by atoms with Crippen LogP contribution in [0.25, 0.3) is 0 Å². The summed E-state index contributed by atoms with van der Waals surface area (Å²) in [6, 6.07) is 18.0. The molecule has 0 aliphatic carbocycles. The van der Waals surface area contributed by atoms with Gasteiger partial charge in [0.15, 0.2) is 0 Å². The van der Waals surface area contributed by atoms with E-state index in [2.05, 4.69) is 46.4 Å².